The summed E-state index contributed by atoms with van der Waals surface area (Å²) in [6, 6.07) is 5.85. The van der Waals surface area contributed by atoms with Gasteiger partial charge in [0.05, 0.1) is 5.02 Å². The molecule has 1 nitrogen and oxygen atoms in total. The zero-order valence-corrected chi connectivity index (χ0v) is 10.3. The standard InChI is InChI=1S/C13H8ClFOS/c14-11-7-10(2-3-12(11)15)13(16)4-1-9-5-6-17-8-9/h1-8H/b4-1+. The normalized spacial score (nSPS) is 10.9. The highest BCUT2D eigenvalue weighted by molar-refractivity contribution is 7.08. The van der Waals surface area contributed by atoms with Crippen LogP contribution in [0, 0.1) is 5.82 Å². The predicted octanol–water partition coefficient (Wildman–Crippen LogP) is 4.44. The van der Waals surface area contributed by atoms with Crippen molar-refractivity contribution in [3.63, 3.8) is 0 Å². The van der Waals surface area contributed by atoms with Crippen LogP contribution in [0.5, 0.6) is 0 Å². The molecule has 0 spiro atoms. The number of halogens is 2. The van der Waals surface area contributed by atoms with Gasteiger partial charge in [0.2, 0.25) is 0 Å². The molecule has 86 valence electrons. The molecule has 0 saturated heterocycles. The first-order valence-electron chi connectivity index (χ1n) is 4.86. The molecule has 4 heteroatoms. The fourth-order valence-electron chi connectivity index (χ4n) is 1.29. The molecule has 0 aliphatic carbocycles. The van der Waals surface area contributed by atoms with E-state index >= 15 is 0 Å². The van der Waals surface area contributed by atoms with Gasteiger partial charge in [0.1, 0.15) is 5.82 Å². The van der Waals surface area contributed by atoms with Crippen LogP contribution >= 0.6 is 22.9 Å². The van der Waals surface area contributed by atoms with Gasteiger partial charge in [0.25, 0.3) is 0 Å². The lowest BCUT2D eigenvalue weighted by molar-refractivity contribution is 0.104. The number of carbonyl (C=O) groups is 1. The second kappa shape index (κ2) is 5.25. The molecule has 0 amide bonds. The second-order valence-electron chi connectivity index (χ2n) is 3.38. The van der Waals surface area contributed by atoms with E-state index in [9.17, 15) is 9.18 Å². The van der Waals surface area contributed by atoms with Gasteiger partial charge in [-0.3, -0.25) is 4.79 Å². The molecule has 2 aromatic rings. The highest BCUT2D eigenvalue weighted by atomic mass is 35.5. The van der Waals surface area contributed by atoms with Crippen LogP contribution in [0.1, 0.15) is 15.9 Å². The van der Waals surface area contributed by atoms with Gasteiger partial charge < -0.3 is 0 Å². The first kappa shape index (κ1) is 12.0. The van der Waals surface area contributed by atoms with Crippen molar-refractivity contribution in [1.82, 2.24) is 0 Å². The molecule has 1 aromatic heterocycles. The zero-order chi connectivity index (χ0) is 12.3. The van der Waals surface area contributed by atoms with E-state index in [1.54, 1.807) is 17.4 Å². The van der Waals surface area contributed by atoms with Crippen molar-refractivity contribution < 1.29 is 9.18 Å². The maximum absolute atomic E-state index is 12.9. The van der Waals surface area contributed by atoms with Gasteiger partial charge in [0, 0.05) is 5.56 Å². The number of thiophene rings is 1. The molecule has 0 N–H and O–H groups in total. The van der Waals surface area contributed by atoms with Crippen molar-refractivity contribution in [3.05, 3.63) is 63.1 Å². The Morgan fingerprint density at radius 2 is 2.18 bits per heavy atom. The van der Waals surface area contributed by atoms with Crippen molar-refractivity contribution in [3.8, 4) is 0 Å². The molecular weight excluding hydrogens is 259 g/mol. The monoisotopic (exact) mass is 266 g/mol. The third-order valence-electron chi connectivity index (χ3n) is 2.17. The highest BCUT2D eigenvalue weighted by Crippen LogP contribution is 2.17. The van der Waals surface area contributed by atoms with E-state index < -0.39 is 5.82 Å². The minimum absolute atomic E-state index is 0.0419. The summed E-state index contributed by atoms with van der Waals surface area (Å²) in [6.07, 6.45) is 3.17. The van der Waals surface area contributed by atoms with Crippen LogP contribution in [0.15, 0.2) is 41.1 Å². The third kappa shape index (κ3) is 3.02. The van der Waals surface area contributed by atoms with Gasteiger partial charge in [0.15, 0.2) is 5.78 Å². The molecule has 0 atom stereocenters. The quantitative estimate of drug-likeness (QED) is 0.593. The van der Waals surface area contributed by atoms with Crippen molar-refractivity contribution in [1.29, 1.82) is 0 Å². The molecule has 0 saturated carbocycles. The van der Waals surface area contributed by atoms with E-state index in [0.29, 0.717) is 5.56 Å². The summed E-state index contributed by atoms with van der Waals surface area (Å²) in [5, 5.41) is 3.82. The van der Waals surface area contributed by atoms with E-state index in [2.05, 4.69) is 0 Å². The van der Waals surface area contributed by atoms with Crippen LogP contribution in [0.3, 0.4) is 0 Å². The number of rotatable bonds is 3. The Morgan fingerprint density at radius 3 is 2.82 bits per heavy atom. The van der Waals surface area contributed by atoms with Crippen LogP contribution in [0.25, 0.3) is 6.08 Å². The molecule has 0 fully saturated rings. The number of hydrogen-bond acceptors (Lipinski definition) is 2. The minimum Gasteiger partial charge on any atom is -0.289 e. The van der Waals surface area contributed by atoms with Gasteiger partial charge in [-0.2, -0.15) is 11.3 Å². The molecule has 0 aliphatic rings. The second-order valence-corrected chi connectivity index (χ2v) is 4.57. The molecule has 17 heavy (non-hydrogen) atoms. The number of ketones is 1. The summed E-state index contributed by atoms with van der Waals surface area (Å²) in [5.74, 6) is -0.719. The van der Waals surface area contributed by atoms with E-state index in [1.807, 2.05) is 16.8 Å². The SMILES string of the molecule is O=C(/C=C/c1ccsc1)c1ccc(F)c(Cl)c1. The van der Waals surface area contributed by atoms with Crippen LogP contribution in [0.4, 0.5) is 4.39 Å². The summed E-state index contributed by atoms with van der Waals surface area (Å²) >= 11 is 7.17. The first-order chi connectivity index (χ1) is 8.16. The maximum atomic E-state index is 12.9. The van der Waals surface area contributed by atoms with Gasteiger partial charge in [-0.05, 0) is 46.7 Å². The lowest BCUT2D eigenvalue weighted by Gasteiger charge is -1.97. The fraction of sp³-hybridized carbons (Fsp3) is 0. The molecular formula is C13H8ClFOS. The molecule has 0 unspecified atom stereocenters. The Hall–Kier alpha value is -1.45. The first-order valence-corrected chi connectivity index (χ1v) is 6.18. The number of benzene rings is 1. The minimum atomic E-state index is -0.523. The number of carbonyl (C=O) groups excluding carboxylic acids is 1. The zero-order valence-electron chi connectivity index (χ0n) is 8.69. The Morgan fingerprint density at radius 1 is 1.35 bits per heavy atom. The average Bonchev–Trinajstić information content (AvgIpc) is 2.82. The summed E-state index contributed by atoms with van der Waals surface area (Å²) in [4.78, 5) is 11.7. The van der Waals surface area contributed by atoms with Gasteiger partial charge in [-0.25, -0.2) is 4.39 Å². The van der Waals surface area contributed by atoms with Crippen molar-refractivity contribution in [2.24, 2.45) is 0 Å². The van der Waals surface area contributed by atoms with Gasteiger partial charge in [-0.1, -0.05) is 17.7 Å². The Kier molecular flexibility index (Phi) is 3.71. The van der Waals surface area contributed by atoms with Crippen LogP contribution in [-0.4, -0.2) is 5.78 Å². The average molecular weight is 267 g/mol. The molecule has 0 radical (unpaired) electrons. The predicted molar refractivity (Wildman–Crippen MR) is 69.1 cm³/mol. The number of allylic oxidation sites excluding steroid dienone is 1. The summed E-state index contributed by atoms with van der Waals surface area (Å²) in [7, 11) is 0. The topological polar surface area (TPSA) is 17.1 Å². The van der Waals surface area contributed by atoms with E-state index in [1.165, 1.54) is 24.3 Å². The maximum Gasteiger partial charge on any atom is 0.185 e. The Labute approximate surface area is 107 Å². The molecule has 0 bridgehead atoms. The lowest BCUT2D eigenvalue weighted by atomic mass is 10.1. The fourth-order valence-corrected chi connectivity index (χ4v) is 2.10. The lowest BCUT2D eigenvalue weighted by Crippen LogP contribution is -1.94. The smallest absolute Gasteiger partial charge is 0.185 e. The van der Waals surface area contributed by atoms with E-state index in [4.69, 9.17) is 11.6 Å². The molecule has 2 rings (SSSR count). The molecule has 0 aliphatic heterocycles. The van der Waals surface area contributed by atoms with Crippen molar-refractivity contribution in [2.45, 2.75) is 0 Å². The van der Waals surface area contributed by atoms with E-state index in [-0.39, 0.29) is 10.8 Å². The third-order valence-corrected chi connectivity index (χ3v) is 3.17. The molecule has 1 aromatic carbocycles. The van der Waals surface area contributed by atoms with E-state index in [0.717, 1.165) is 5.56 Å². The Bertz CT molecular complexity index is 561. The van der Waals surface area contributed by atoms with Crippen LogP contribution < -0.4 is 0 Å². The highest BCUT2D eigenvalue weighted by Gasteiger charge is 2.05. The summed E-state index contributed by atoms with van der Waals surface area (Å²) in [6.45, 7) is 0. The van der Waals surface area contributed by atoms with Crippen LogP contribution in [-0.2, 0) is 0 Å². The van der Waals surface area contributed by atoms with Gasteiger partial charge in [-0.15, -0.1) is 0 Å². The molecule has 1 heterocycles. The van der Waals surface area contributed by atoms with Crippen molar-refractivity contribution in [2.75, 3.05) is 0 Å². The Balaban J connectivity index is 2.17. The van der Waals surface area contributed by atoms with Crippen molar-refractivity contribution >= 4 is 34.8 Å². The largest absolute Gasteiger partial charge is 0.289 e. The van der Waals surface area contributed by atoms with Gasteiger partial charge >= 0.3 is 0 Å². The summed E-state index contributed by atoms with van der Waals surface area (Å²) in [5.41, 5.74) is 1.35. The van der Waals surface area contributed by atoms with Crippen LogP contribution in [0.2, 0.25) is 5.02 Å². The summed E-state index contributed by atoms with van der Waals surface area (Å²) < 4.78 is 12.9. The number of hydrogen-bond donors (Lipinski definition) is 0.